The molecule has 0 amide bonds. The van der Waals surface area contributed by atoms with E-state index in [4.69, 9.17) is 33.4 Å². The zero-order chi connectivity index (χ0) is 19.5. The Bertz CT molecular complexity index is 440. The van der Waals surface area contributed by atoms with Crippen LogP contribution >= 0.6 is 23.2 Å². The zero-order valence-corrected chi connectivity index (χ0v) is 15.6. The largest absolute Gasteiger partial charge is 0.518 e. The second-order valence-electron chi connectivity index (χ2n) is 4.27. The van der Waals surface area contributed by atoms with Gasteiger partial charge in [0.25, 0.3) is 0 Å². The topological polar surface area (TPSA) is 102 Å². The Morgan fingerprint density at radius 2 is 1.24 bits per heavy atom. The highest BCUT2D eigenvalue weighted by Gasteiger charge is 2.12. The Morgan fingerprint density at radius 3 is 1.52 bits per heavy atom. The highest BCUT2D eigenvalue weighted by molar-refractivity contribution is 6.18. The average molecular weight is 397 g/mol. The Morgan fingerprint density at radius 1 is 0.880 bits per heavy atom. The standard InChI is InChI=1S/C8H12Cl2O5.C8H10O2/c9-3-1-5-13-7(11)15-8(12)14-6-2-4-10;1-7(9)5-3-4-6-8(2)10/h1-6H2;7-10H,1-2H3. The first-order chi connectivity index (χ1) is 11.8. The van der Waals surface area contributed by atoms with Gasteiger partial charge in [-0.2, -0.15) is 0 Å². The molecule has 2 N–H and O–H groups in total. The van der Waals surface area contributed by atoms with Crippen molar-refractivity contribution in [2.45, 2.75) is 38.9 Å². The predicted octanol–water partition coefficient (Wildman–Crippen LogP) is 2.29. The molecule has 0 saturated heterocycles. The van der Waals surface area contributed by atoms with Crippen molar-refractivity contribution < 1.29 is 34.0 Å². The number of alkyl halides is 2. The molecule has 0 radical (unpaired) electrons. The first-order valence-corrected chi connectivity index (χ1v) is 8.40. The van der Waals surface area contributed by atoms with Crippen molar-refractivity contribution in [3.8, 4) is 23.7 Å². The molecule has 0 aromatic rings. The molecular weight excluding hydrogens is 375 g/mol. The number of aliphatic hydroxyl groups is 2. The van der Waals surface area contributed by atoms with Crippen molar-refractivity contribution in [3.63, 3.8) is 0 Å². The van der Waals surface area contributed by atoms with Crippen LogP contribution in [0.1, 0.15) is 26.7 Å². The molecule has 7 nitrogen and oxygen atoms in total. The van der Waals surface area contributed by atoms with Gasteiger partial charge in [-0.1, -0.05) is 11.8 Å². The van der Waals surface area contributed by atoms with E-state index in [-0.39, 0.29) is 13.2 Å². The van der Waals surface area contributed by atoms with Gasteiger partial charge in [-0.3, -0.25) is 0 Å². The van der Waals surface area contributed by atoms with Crippen molar-refractivity contribution >= 4 is 35.5 Å². The van der Waals surface area contributed by atoms with Crippen molar-refractivity contribution in [1.29, 1.82) is 0 Å². The van der Waals surface area contributed by atoms with Crippen molar-refractivity contribution in [3.05, 3.63) is 0 Å². The molecule has 0 saturated carbocycles. The monoisotopic (exact) mass is 396 g/mol. The minimum atomic E-state index is -1.09. The predicted molar refractivity (Wildman–Crippen MR) is 93.4 cm³/mol. The van der Waals surface area contributed by atoms with E-state index in [2.05, 4.69) is 37.9 Å². The van der Waals surface area contributed by atoms with Gasteiger partial charge in [0.05, 0.1) is 13.2 Å². The Hall–Kier alpha value is -1.64. The highest BCUT2D eigenvalue weighted by Crippen LogP contribution is 1.95. The normalized spacial score (nSPS) is 11.1. The summed E-state index contributed by atoms with van der Waals surface area (Å²) < 4.78 is 13.1. The van der Waals surface area contributed by atoms with Gasteiger partial charge in [-0.15, -0.1) is 23.2 Å². The van der Waals surface area contributed by atoms with Crippen LogP contribution in [-0.4, -0.2) is 59.7 Å². The third kappa shape index (κ3) is 24.7. The number of aliphatic hydroxyl groups excluding tert-OH is 2. The summed E-state index contributed by atoms with van der Waals surface area (Å²) in [4.78, 5) is 21.5. The number of ether oxygens (including phenoxy) is 3. The van der Waals surface area contributed by atoms with Crippen LogP contribution in [0.5, 0.6) is 0 Å². The summed E-state index contributed by atoms with van der Waals surface area (Å²) in [6.07, 6.45) is -2.48. The van der Waals surface area contributed by atoms with Crippen molar-refractivity contribution in [1.82, 2.24) is 0 Å². The average Bonchev–Trinajstić information content (AvgIpc) is 2.52. The molecule has 142 valence electrons. The summed E-state index contributed by atoms with van der Waals surface area (Å²) >= 11 is 10.7. The molecule has 9 heteroatoms. The maximum absolute atomic E-state index is 10.7. The second-order valence-corrected chi connectivity index (χ2v) is 5.03. The summed E-state index contributed by atoms with van der Waals surface area (Å²) in [6, 6.07) is 0. The first kappa shape index (κ1) is 25.6. The lowest BCUT2D eigenvalue weighted by molar-refractivity contribution is 0.0369. The van der Waals surface area contributed by atoms with Gasteiger partial charge in [0.2, 0.25) is 0 Å². The fourth-order valence-corrected chi connectivity index (χ4v) is 1.05. The Kier molecular flexibility index (Phi) is 19.1. The molecule has 0 aromatic heterocycles. The van der Waals surface area contributed by atoms with E-state index < -0.39 is 24.5 Å². The number of carbonyl (C=O) groups is 2. The van der Waals surface area contributed by atoms with Gasteiger partial charge < -0.3 is 24.4 Å². The minimum Gasteiger partial charge on any atom is -0.434 e. The van der Waals surface area contributed by atoms with E-state index in [0.717, 1.165) is 0 Å². The van der Waals surface area contributed by atoms with E-state index in [1.807, 2.05) is 0 Å². The number of rotatable bonds is 6. The minimum absolute atomic E-state index is 0.108. The van der Waals surface area contributed by atoms with Crippen LogP contribution < -0.4 is 0 Å². The van der Waals surface area contributed by atoms with Crippen LogP contribution in [0.2, 0.25) is 0 Å². The van der Waals surface area contributed by atoms with Gasteiger partial charge in [-0.05, 0) is 38.5 Å². The fraction of sp³-hybridized carbons (Fsp3) is 0.625. The molecule has 0 aliphatic heterocycles. The quantitative estimate of drug-likeness (QED) is 0.233. The summed E-state index contributed by atoms with van der Waals surface area (Å²) in [6.45, 7) is 3.32. The lowest BCUT2D eigenvalue weighted by Crippen LogP contribution is -2.16. The molecule has 0 aliphatic rings. The molecule has 2 atom stereocenters. The number of hydrogen-bond acceptors (Lipinski definition) is 7. The number of halogens is 2. The SMILES string of the molecule is CC(O)C#CC#CC(C)O.O=C(OCCCCl)OC(=O)OCCCCl. The molecule has 2 unspecified atom stereocenters. The summed E-state index contributed by atoms with van der Waals surface area (Å²) in [7, 11) is 0. The van der Waals surface area contributed by atoms with Crippen LogP contribution in [-0.2, 0) is 14.2 Å². The zero-order valence-electron chi connectivity index (χ0n) is 14.1. The molecule has 25 heavy (non-hydrogen) atoms. The van der Waals surface area contributed by atoms with Crippen LogP contribution in [0.15, 0.2) is 0 Å². The summed E-state index contributed by atoms with van der Waals surface area (Å²) in [5.41, 5.74) is 0. The molecule has 0 spiro atoms. The van der Waals surface area contributed by atoms with E-state index in [1.54, 1.807) is 13.8 Å². The van der Waals surface area contributed by atoms with E-state index in [0.29, 0.717) is 24.6 Å². The van der Waals surface area contributed by atoms with Crippen molar-refractivity contribution in [2.24, 2.45) is 0 Å². The molecular formula is C16H22Cl2O7. The van der Waals surface area contributed by atoms with E-state index in [9.17, 15) is 9.59 Å². The number of hydrogen-bond donors (Lipinski definition) is 2. The summed E-state index contributed by atoms with van der Waals surface area (Å²) in [5.74, 6) is 10.4. The maximum atomic E-state index is 10.7. The first-order valence-electron chi connectivity index (χ1n) is 7.34. The molecule has 0 rings (SSSR count). The Labute approximate surface area is 157 Å². The Balaban J connectivity index is 0. The van der Waals surface area contributed by atoms with Gasteiger partial charge in [0, 0.05) is 11.8 Å². The second kappa shape index (κ2) is 18.7. The molecule has 0 fully saturated rings. The smallest absolute Gasteiger partial charge is 0.434 e. The third-order valence-corrected chi connectivity index (χ3v) is 2.32. The lowest BCUT2D eigenvalue weighted by Gasteiger charge is -2.04. The van der Waals surface area contributed by atoms with Crippen LogP contribution in [0, 0.1) is 23.7 Å². The highest BCUT2D eigenvalue weighted by atomic mass is 35.5. The van der Waals surface area contributed by atoms with Gasteiger partial charge in [0.15, 0.2) is 0 Å². The molecule has 0 aliphatic carbocycles. The van der Waals surface area contributed by atoms with Gasteiger partial charge in [0.1, 0.15) is 12.2 Å². The third-order valence-electron chi connectivity index (χ3n) is 1.79. The lowest BCUT2D eigenvalue weighted by atomic mass is 10.4. The maximum Gasteiger partial charge on any atom is 0.518 e. The van der Waals surface area contributed by atoms with Crippen LogP contribution in [0.3, 0.4) is 0 Å². The van der Waals surface area contributed by atoms with Crippen LogP contribution in [0.25, 0.3) is 0 Å². The molecule has 0 bridgehead atoms. The fourth-order valence-electron chi connectivity index (χ4n) is 0.828. The van der Waals surface area contributed by atoms with E-state index in [1.165, 1.54) is 0 Å². The van der Waals surface area contributed by atoms with E-state index >= 15 is 0 Å². The molecule has 0 heterocycles. The van der Waals surface area contributed by atoms with Gasteiger partial charge >= 0.3 is 12.3 Å². The number of carbonyl (C=O) groups excluding carboxylic acids is 2. The van der Waals surface area contributed by atoms with Gasteiger partial charge in [-0.25, -0.2) is 9.59 Å². The van der Waals surface area contributed by atoms with Crippen LogP contribution in [0.4, 0.5) is 9.59 Å². The van der Waals surface area contributed by atoms with Crippen molar-refractivity contribution in [2.75, 3.05) is 25.0 Å². The molecule has 0 aromatic carbocycles. The summed E-state index contributed by atoms with van der Waals surface area (Å²) in [5, 5.41) is 17.2.